The van der Waals surface area contributed by atoms with E-state index in [0.29, 0.717) is 16.9 Å². The fraction of sp³-hybridized carbons (Fsp3) is 0.333. The Labute approximate surface area is 171 Å². The normalized spacial score (nSPS) is 13.1. The molecule has 0 fully saturated rings. The Bertz CT molecular complexity index is 1100. The van der Waals surface area contributed by atoms with E-state index in [9.17, 15) is 14.4 Å². The highest BCUT2D eigenvalue weighted by Gasteiger charge is 2.20. The number of ether oxygens (including phenoxy) is 1. The molecule has 3 aromatic rings. The molecule has 0 saturated heterocycles. The number of rotatable bonds is 6. The van der Waals surface area contributed by atoms with Gasteiger partial charge in [0.05, 0.1) is 11.8 Å². The van der Waals surface area contributed by atoms with Crippen LogP contribution < -0.4 is 10.9 Å². The second kappa shape index (κ2) is 8.57. The lowest BCUT2D eigenvalue weighted by Crippen LogP contribution is -2.21. The quantitative estimate of drug-likeness (QED) is 0.607. The van der Waals surface area contributed by atoms with E-state index in [4.69, 9.17) is 4.74 Å². The van der Waals surface area contributed by atoms with Crippen LogP contribution in [0.15, 0.2) is 35.1 Å². The number of nitrogens with one attached hydrogen (secondary N) is 2. The van der Waals surface area contributed by atoms with Crippen molar-refractivity contribution in [3.05, 3.63) is 57.0 Å². The standard InChI is InChI=1S/C21H21N3O4S/c25-17(22-13-6-2-1-3-7-13)12-28-18(26)11-10-16-23-20(27)19-14-8-4-5-9-15(14)29-21(19)24-16/h1-3,6-7H,4-5,8-12H2,(H,22,25)(H,23,24,27). The molecule has 2 heterocycles. The second-order valence-electron chi connectivity index (χ2n) is 6.98. The van der Waals surface area contributed by atoms with E-state index in [-0.39, 0.29) is 25.0 Å². The van der Waals surface area contributed by atoms with Gasteiger partial charge < -0.3 is 15.0 Å². The lowest BCUT2D eigenvalue weighted by molar-refractivity contribution is -0.147. The molecule has 0 radical (unpaired) electrons. The number of carbonyl (C=O) groups is 2. The average Bonchev–Trinajstić information content (AvgIpc) is 3.10. The topological polar surface area (TPSA) is 101 Å². The molecule has 2 aromatic heterocycles. The largest absolute Gasteiger partial charge is 0.456 e. The summed E-state index contributed by atoms with van der Waals surface area (Å²) in [4.78, 5) is 45.6. The highest BCUT2D eigenvalue weighted by molar-refractivity contribution is 7.18. The Morgan fingerprint density at radius 2 is 1.97 bits per heavy atom. The zero-order valence-corrected chi connectivity index (χ0v) is 16.6. The van der Waals surface area contributed by atoms with Crippen molar-refractivity contribution in [3.8, 4) is 0 Å². The predicted octanol–water partition coefficient (Wildman–Crippen LogP) is 2.98. The van der Waals surface area contributed by atoms with Gasteiger partial charge in [-0.25, -0.2) is 4.98 Å². The van der Waals surface area contributed by atoms with Gasteiger partial charge in [-0.05, 0) is 43.4 Å². The maximum absolute atomic E-state index is 12.5. The molecule has 0 unspecified atom stereocenters. The minimum absolute atomic E-state index is 0.0398. The van der Waals surface area contributed by atoms with Gasteiger partial charge >= 0.3 is 5.97 Å². The molecule has 7 nitrogen and oxygen atoms in total. The number of carbonyl (C=O) groups excluding carboxylic acids is 2. The zero-order chi connectivity index (χ0) is 20.2. The van der Waals surface area contributed by atoms with E-state index >= 15 is 0 Å². The zero-order valence-electron chi connectivity index (χ0n) is 15.8. The first kappa shape index (κ1) is 19.3. The Hall–Kier alpha value is -3.00. The molecular weight excluding hydrogens is 390 g/mol. The van der Waals surface area contributed by atoms with Gasteiger partial charge in [0.25, 0.3) is 11.5 Å². The maximum Gasteiger partial charge on any atom is 0.306 e. The Kier molecular flexibility index (Phi) is 5.71. The van der Waals surface area contributed by atoms with E-state index < -0.39 is 11.9 Å². The van der Waals surface area contributed by atoms with Crippen molar-refractivity contribution in [1.82, 2.24) is 9.97 Å². The van der Waals surface area contributed by atoms with Gasteiger partial charge in [-0.2, -0.15) is 0 Å². The highest BCUT2D eigenvalue weighted by Crippen LogP contribution is 2.33. The minimum Gasteiger partial charge on any atom is -0.456 e. The molecule has 8 heteroatoms. The van der Waals surface area contributed by atoms with Crippen molar-refractivity contribution < 1.29 is 14.3 Å². The molecule has 150 valence electrons. The summed E-state index contributed by atoms with van der Waals surface area (Å²) in [6.45, 7) is -0.353. The van der Waals surface area contributed by atoms with Crippen LogP contribution in [0.5, 0.6) is 0 Å². The van der Waals surface area contributed by atoms with Gasteiger partial charge in [0.1, 0.15) is 10.7 Å². The van der Waals surface area contributed by atoms with E-state index in [2.05, 4.69) is 15.3 Å². The van der Waals surface area contributed by atoms with E-state index in [1.54, 1.807) is 35.6 Å². The van der Waals surface area contributed by atoms with Gasteiger partial charge in [-0.1, -0.05) is 18.2 Å². The van der Waals surface area contributed by atoms with Crippen LogP contribution in [0, 0.1) is 0 Å². The number of hydrogen-bond donors (Lipinski definition) is 2. The van der Waals surface area contributed by atoms with Crippen molar-refractivity contribution in [2.45, 2.75) is 38.5 Å². The minimum atomic E-state index is -0.513. The van der Waals surface area contributed by atoms with E-state index in [1.807, 2.05) is 6.07 Å². The lowest BCUT2D eigenvalue weighted by atomic mass is 9.97. The number of aromatic nitrogens is 2. The Balaban J connectivity index is 1.33. The number of hydrogen-bond acceptors (Lipinski definition) is 6. The summed E-state index contributed by atoms with van der Waals surface area (Å²) >= 11 is 1.58. The van der Waals surface area contributed by atoms with Crippen LogP contribution in [0.25, 0.3) is 10.2 Å². The van der Waals surface area contributed by atoms with Crippen LogP contribution in [0.2, 0.25) is 0 Å². The molecule has 1 aliphatic rings. The number of aryl methyl sites for hydroxylation is 3. The number of nitrogens with zero attached hydrogens (tertiary/aromatic N) is 1. The third-order valence-corrected chi connectivity index (χ3v) is 6.05. The van der Waals surface area contributed by atoms with Crippen LogP contribution >= 0.6 is 11.3 Å². The summed E-state index contributed by atoms with van der Waals surface area (Å²) in [5, 5.41) is 3.35. The van der Waals surface area contributed by atoms with Crippen molar-refractivity contribution in [3.63, 3.8) is 0 Å². The molecule has 0 atom stereocenters. The molecule has 0 aliphatic heterocycles. The molecule has 1 aromatic carbocycles. The van der Waals surface area contributed by atoms with Crippen LogP contribution in [-0.4, -0.2) is 28.5 Å². The van der Waals surface area contributed by atoms with Gasteiger partial charge in [0.2, 0.25) is 0 Å². The van der Waals surface area contributed by atoms with E-state index in [0.717, 1.165) is 36.1 Å². The summed E-state index contributed by atoms with van der Waals surface area (Å²) in [6, 6.07) is 8.95. The smallest absolute Gasteiger partial charge is 0.306 e. The van der Waals surface area contributed by atoms with Gasteiger partial charge in [-0.15, -0.1) is 11.3 Å². The maximum atomic E-state index is 12.5. The first-order chi connectivity index (χ1) is 14.1. The van der Waals surface area contributed by atoms with Crippen LogP contribution in [-0.2, 0) is 33.6 Å². The Morgan fingerprint density at radius 3 is 2.79 bits per heavy atom. The SMILES string of the molecule is O=C(COC(=O)CCc1nc2sc3c(c2c(=O)[nH]1)CCCC3)Nc1ccccc1. The van der Waals surface area contributed by atoms with Crippen molar-refractivity contribution in [2.24, 2.45) is 0 Å². The summed E-state index contributed by atoms with van der Waals surface area (Å²) in [5.41, 5.74) is 1.64. The van der Waals surface area contributed by atoms with Crippen LogP contribution in [0.3, 0.4) is 0 Å². The predicted molar refractivity (Wildman–Crippen MR) is 111 cm³/mol. The number of fused-ring (bicyclic) bond motifs is 3. The number of thiophene rings is 1. The summed E-state index contributed by atoms with van der Waals surface area (Å²) in [6.07, 6.45) is 4.47. The third-order valence-electron chi connectivity index (χ3n) is 4.86. The Morgan fingerprint density at radius 1 is 1.17 bits per heavy atom. The number of H-pyrrole nitrogens is 1. The lowest BCUT2D eigenvalue weighted by Gasteiger charge is -2.09. The molecule has 0 saturated carbocycles. The number of para-hydroxylation sites is 1. The van der Waals surface area contributed by atoms with E-state index in [1.165, 1.54) is 4.88 Å². The molecular formula is C21H21N3O4S. The monoisotopic (exact) mass is 411 g/mol. The third kappa shape index (κ3) is 4.54. The first-order valence-corrected chi connectivity index (χ1v) is 10.5. The summed E-state index contributed by atoms with van der Waals surface area (Å²) < 4.78 is 5.01. The molecule has 29 heavy (non-hydrogen) atoms. The molecule has 1 aliphatic carbocycles. The summed E-state index contributed by atoms with van der Waals surface area (Å²) in [7, 11) is 0. The molecule has 2 N–H and O–H groups in total. The number of esters is 1. The van der Waals surface area contributed by atoms with Crippen LogP contribution in [0.4, 0.5) is 5.69 Å². The average molecular weight is 411 g/mol. The number of amides is 1. The van der Waals surface area contributed by atoms with Gasteiger partial charge in [0, 0.05) is 17.0 Å². The number of benzene rings is 1. The fourth-order valence-electron chi connectivity index (χ4n) is 3.48. The molecule has 0 bridgehead atoms. The number of aromatic amines is 1. The number of anilines is 1. The summed E-state index contributed by atoms with van der Waals surface area (Å²) in [5.74, 6) is -0.449. The molecule has 0 spiro atoms. The first-order valence-electron chi connectivity index (χ1n) is 9.64. The van der Waals surface area contributed by atoms with Crippen molar-refractivity contribution in [1.29, 1.82) is 0 Å². The fourth-order valence-corrected chi connectivity index (χ4v) is 4.77. The van der Waals surface area contributed by atoms with Crippen LogP contribution in [0.1, 0.15) is 35.5 Å². The van der Waals surface area contributed by atoms with Crippen molar-refractivity contribution in [2.75, 3.05) is 11.9 Å². The molecule has 1 amide bonds. The highest BCUT2D eigenvalue weighted by atomic mass is 32.1. The van der Waals surface area contributed by atoms with Gasteiger partial charge in [0.15, 0.2) is 6.61 Å². The molecule has 4 rings (SSSR count). The second-order valence-corrected chi connectivity index (χ2v) is 8.06. The van der Waals surface area contributed by atoms with Gasteiger partial charge in [-0.3, -0.25) is 14.4 Å². The van der Waals surface area contributed by atoms with Crippen molar-refractivity contribution >= 4 is 39.1 Å².